The molecule has 2 aromatic heterocycles. The molecule has 138 valence electrons. The van der Waals surface area contributed by atoms with Gasteiger partial charge >= 0.3 is 6.03 Å². The number of urea groups is 1. The van der Waals surface area contributed by atoms with Gasteiger partial charge in [-0.05, 0) is 42.8 Å². The Balaban J connectivity index is 1.37. The van der Waals surface area contributed by atoms with Crippen LogP contribution in [-0.2, 0) is 0 Å². The maximum absolute atomic E-state index is 12.5. The van der Waals surface area contributed by atoms with E-state index in [0.717, 1.165) is 42.3 Å². The van der Waals surface area contributed by atoms with Crippen molar-refractivity contribution in [2.45, 2.75) is 32.3 Å². The van der Waals surface area contributed by atoms with E-state index in [0.29, 0.717) is 13.1 Å². The molecule has 4 heterocycles. The highest BCUT2D eigenvalue weighted by molar-refractivity contribution is 7.08. The Morgan fingerprint density at radius 3 is 2.92 bits per heavy atom. The lowest BCUT2D eigenvalue weighted by Gasteiger charge is -2.22. The Morgan fingerprint density at radius 2 is 2.15 bits per heavy atom. The lowest BCUT2D eigenvalue weighted by atomic mass is 10.3. The van der Waals surface area contributed by atoms with Crippen LogP contribution >= 0.6 is 11.3 Å². The third kappa shape index (κ3) is 3.62. The van der Waals surface area contributed by atoms with Crippen molar-refractivity contribution < 1.29 is 9.53 Å². The summed E-state index contributed by atoms with van der Waals surface area (Å²) in [6, 6.07) is 3.84. The molecule has 7 heteroatoms. The molecule has 2 aliphatic rings. The fourth-order valence-corrected chi connectivity index (χ4v) is 4.29. The van der Waals surface area contributed by atoms with Gasteiger partial charge in [0.2, 0.25) is 0 Å². The Bertz CT molecular complexity index is 772. The van der Waals surface area contributed by atoms with Gasteiger partial charge in [0.1, 0.15) is 6.10 Å². The number of hydrogen-bond donors (Lipinski definition) is 1. The molecule has 2 saturated heterocycles. The van der Waals surface area contributed by atoms with Crippen molar-refractivity contribution in [3.8, 4) is 5.75 Å². The zero-order valence-corrected chi connectivity index (χ0v) is 15.8. The number of amides is 2. The zero-order chi connectivity index (χ0) is 17.9. The number of hydrogen-bond acceptors (Lipinski definition) is 5. The third-order valence-electron chi connectivity index (χ3n) is 4.98. The van der Waals surface area contributed by atoms with Gasteiger partial charge in [-0.1, -0.05) is 0 Å². The van der Waals surface area contributed by atoms with Crippen molar-refractivity contribution in [1.29, 1.82) is 0 Å². The predicted molar refractivity (Wildman–Crippen MR) is 104 cm³/mol. The zero-order valence-electron chi connectivity index (χ0n) is 15.0. The molecule has 0 spiro atoms. The Hall–Kier alpha value is -2.28. The highest BCUT2D eigenvalue weighted by Crippen LogP contribution is 2.30. The van der Waals surface area contributed by atoms with Gasteiger partial charge in [0, 0.05) is 37.6 Å². The molecule has 1 N–H and O–H groups in total. The van der Waals surface area contributed by atoms with Gasteiger partial charge in [-0.15, -0.1) is 11.3 Å². The number of rotatable bonds is 4. The summed E-state index contributed by atoms with van der Waals surface area (Å²) in [7, 11) is 0. The minimum atomic E-state index is -0.0523. The number of nitrogens with zero attached hydrogens (tertiary/aromatic N) is 3. The minimum Gasteiger partial charge on any atom is -0.485 e. The largest absolute Gasteiger partial charge is 0.485 e. The molecule has 1 atom stereocenters. The van der Waals surface area contributed by atoms with Crippen LogP contribution < -0.4 is 15.0 Å². The molecule has 4 rings (SSSR count). The number of nitrogens with one attached hydrogen (secondary N) is 1. The van der Waals surface area contributed by atoms with Crippen LogP contribution in [0.25, 0.3) is 0 Å². The summed E-state index contributed by atoms with van der Waals surface area (Å²) in [5.41, 5.74) is 1.99. The van der Waals surface area contributed by atoms with Crippen molar-refractivity contribution in [2.75, 3.05) is 36.4 Å². The normalized spacial score (nSPS) is 19.8. The summed E-state index contributed by atoms with van der Waals surface area (Å²) in [4.78, 5) is 21.1. The first-order valence-corrected chi connectivity index (χ1v) is 10.1. The minimum absolute atomic E-state index is 0.00914. The molecule has 0 radical (unpaired) electrons. The first-order valence-electron chi connectivity index (χ1n) is 9.16. The molecule has 2 fully saturated rings. The second kappa shape index (κ2) is 7.53. The average molecular weight is 372 g/mol. The van der Waals surface area contributed by atoms with Crippen LogP contribution in [0.2, 0.25) is 0 Å². The second-order valence-electron chi connectivity index (χ2n) is 6.89. The van der Waals surface area contributed by atoms with E-state index in [4.69, 9.17) is 4.74 Å². The van der Waals surface area contributed by atoms with Gasteiger partial charge in [0.15, 0.2) is 11.6 Å². The number of pyridine rings is 1. The van der Waals surface area contributed by atoms with Crippen LogP contribution in [0.5, 0.6) is 5.75 Å². The average Bonchev–Trinajstić information content (AvgIpc) is 3.39. The first-order chi connectivity index (χ1) is 12.7. The van der Waals surface area contributed by atoms with Crippen molar-refractivity contribution in [1.82, 2.24) is 9.88 Å². The molecule has 2 aromatic rings. The van der Waals surface area contributed by atoms with Crippen molar-refractivity contribution >= 4 is 28.9 Å². The summed E-state index contributed by atoms with van der Waals surface area (Å²) >= 11 is 1.60. The number of carbonyl (C=O) groups excluding carboxylic acids is 1. The number of ether oxygens (including phenoxy) is 1. The third-order valence-corrected chi connectivity index (χ3v) is 5.84. The lowest BCUT2D eigenvalue weighted by Crippen LogP contribution is -2.34. The molecule has 1 unspecified atom stereocenters. The molecule has 2 amide bonds. The van der Waals surface area contributed by atoms with Crippen LogP contribution in [0.1, 0.15) is 24.8 Å². The summed E-state index contributed by atoms with van der Waals surface area (Å²) < 4.78 is 6.23. The summed E-state index contributed by atoms with van der Waals surface area (Å²) in [6.07, 6.45) is 5.07. The number of thiophene rings is 1. The van der Waals surface area contributed by atoms with E-state index in [9.17, 15) is 4.79 Å². The molecule has 0 aliphatic carbocycles. The Kier molecular flexibility index (Phi) is 4.97. The van der Waals surface area contributed by atoms with Gasteiger partial charge in [0.25, 0.3) is 0 Å². The molecule has 26 heavy (non-hydrogen) atoms. The Labute approximate surface area is 157 Å². The number of aromatic nitrogens is 1. The van der Waals surface area contributed by atoms with Gasteiger partial charge in [-0.25, -0.2) is 9.78 Å². The van der Waals surface area contributed by atoms with Gasteiger partial charge in [-0.2, -0.15) is 0 Å². The molecule has 0 bridgehead atoms. The number of aryl methyl sites for hydroxylation is 1. The van der Waals surface area contributed by atoms with E-state index in [2.05, 4.69) is 15.2 Å². The standard InChI is InChI=1S/C19H24N4O2S/c1-14-12-26-13-16(14)21-19(24)23-10-6-15(11-23)25-17-5-4-7-20-18(17)22-8-2-3-9-22/h4-5,7,12-13,15H,2-3,6,8-11H2,1H3,(H,21,24). The highest BCUT2D eigenvalue weighted by atomic mass is 32.1. The molecular weight excluding hydrogens is 348 g/mol. The van der Waals surface area contributed by atoms with Gasteiger partial charge in [0.05, 0.1) is 12.2 Å². The van der Waals surface area contributed by atoms with Crippen molar-refractivity contribution in [2.24, 2.45) is 0 Å². The molecule has 6 nitrogen and oxygen atoms in total. The van der Waals surface area contributed by atoms with Gasteiger partial charge in [-0.3, -0.25) is 0 Å². The monoisotopic (exact) mass is 372 g/mol. The topological polar surface area (TPSA) is 57.7 Å². The number of anilines is 2. The van der Waals surface area contributed by atoms with Gasteiger partial charge < -0.3 is 19.9 Å². The molecule has 0 aromatic carbocycles. The number of likely N-dealkylation sites (tertiary alicyclic amines) is 1. The second-order valence-corrected chi connectivity index (χ2v) is 7.64. The highest BCUT2D eigenvalue weighted by Gasteiger charge is 2.29. The smallest absolute Gasteiger partial charge is 0.322 e. The van der Waals surface area contributed by atoms with Crippen molar-refractivity contribution in [3.05, 3.63) is 34.7 Å². The predicted octanol–water partition coefficient (Wildman–Crippen LogP) is 3.74. The van der Waals surface area contributed by atoms with E-state index in [1.165, 1.54) is 12.8 Å². The summed E-state index contributed by atoms with van der Waals surface area (Å²) in [6.45, 7) is 5.38. The van der Waals surface area contributed by atoms with E-state index in [-0.39, 0.29) is 12.1 Å². The van der Waals surface area contributed by atoms with Crippen LogP contribution in [0, 0.1) is 6.92 Å². The molecule has 0 saturated carbocycles. The number of carbonyl (C=O) groups is 1. The quantitative estimate of drug-likeness (QED) is 0.888. The van der Waals surface area contributed by atoms with Crippen molar-refractivity contribution in [3.63, 3.8) is 0 Å². The fraction of sp³-hybridized carbons (Fsp3) is 0.474. The van der Waals surface area contributed by atoms with E-state index >= 15 is 0 Å². The van der Waals surface area contributed by atoms with Crippen LogP contribution in [0.3, 0.4) is 0 Å². The first kappa shape index (κ1) is 17.1. The molecule has 2 aliphatic heterocycles. The lowest BCUT2D eigenvalue weighted by molar-refractivity contribution is 0.195. The summed E-state index contributed by atoms with van der Waals surface area (Å²) in [5.74, 6) is 1.76. The molecular formula is C19H24N4O2S. The van der Waals surface area contributed by atoms with E-state index in [1.807, 2.05) is 40.9 Å². The van der Waals surface area contributed by atoms with Crippen LogP contribution in [0.4, 0.5) is 16.3 Å². The van der Waals surface area contributed by atoms with Crippen LogP contribution in [0.15, 0.2) is 29.1 Å². The Morgan fingerprint density at radius 1 is 1.31 bits per heavy atom. The fourth-order valence-electron chi connectivity index (χ4n) is 3.51. The maximum Gasteiger partial charge on any atom is 0.322 e. The van der Waals surface area contributed by atoms with Crippen LogP contribution in [-0.4, -0.2) is 48.2 Å². The maximum atomic E-state index is 12.5. The summed E-state index contributed by atoms with van der Waals surface area (Å²) in [5, 5.41) is 7.00. The SMILES string of the molecule is Cc1cscc1NC(=O)N1CCC(Oc2cccnc2N2CCCC2)C1. The van der Waals surface area contributed by atoms with E-state index in [1.54, 1.807) is 11.3 Å². The van der Waals surface area contributed by atoms with E-state index < -0.39 is 0 Å².